The van der Waals surface area contributed by atoms with Gasteiger partial charge in [-0.3, -0.25) is 10.1 Å². The van der Waals surface area contributed by atoms with E-state index in [2.05, 4.69) is 26.6 Å². The van der Waals surface area contributed by atoms with Crippen molar-refractivity contribution in [2.75, 3.05) is 0 Å². The fraction of sp³-hybridized carbons (Fsp3) is 0. The van der Waals surface area contributed by atoms with Gasteiger partial charge in [-0.15, -0.1) is 0 Å². The van der Waals surface area contributed by atoms with Crippen molar-refractivity contribution in [1.82, 2.24) is 10.6 Å². The van der Waals surface area contributed by atoms with E-state index in [-0.39, 0.29) is 5.91 Å². The molecule has 1 amide bonds. The highest BCUT2D eigenvalue weighted by Crippen LogP contribution is 2.13. The van der Waals surface area contributed by atoms with E-state index in [1.807, 2.05) is 24.3 Å². The quantitative estimate of drug-likeness (QED) is 0.610. The molecule has 0 aliphatic carbocycles. The van der Waals surface area contributed by atoms with E-state index in [4.69, 9.17) is 12.2 Å². The zero-order valence-electron chi connectivity index (χ0n) is 7.58. The lowest BCUT2D eigenvalue weighted by molar-refractivity contribution is -0.115. The molecule has 15 heavy (non-hydrogen) atoms. The van der Waals surface area contributed by atoms with Gasteiger partial charge >= 0.3 is 0 Å². The van der Waals surface area contributed by atoms with Crippen LogP contribution in [0.1, 0.15) is 5.56 Å². The fourth-order valence-electron chi connectivity index (χ4n) is 1.21. The van der Waals surface area contributed by atoms with Crippen molar-refractivity contribution in [2.45, 2.75) is 0 Å². The highest BCUT2D eigenvalue weighted by atomic mass is 79.9. The van der Waals surface area contributed by atoms with Crippen LogP contribution >= 0.6 is 28.1 Å². The van der Waals surface area contributed by atoms with E-state index in [1.54, 1.807) is 6.08 Å². The Kier molecular flexibility index (Phi) is 2.83. The molecule has 0 bridgehead atoms. The molecule has 0 atom stereocenters. The molecule has 1 fully saturated rings. The van der Waals surface area contributed by atoms with Gasteiger partial charge in [0.2, 0.25) is 0 Å². The Bertz CT molecular complexity index is 453. The molecule has 3 nitrogen and oxygen atoms in total. The van der Waals surface area contributed by atoms with Crippen molar-refractivity contribution in [3.05, 3.63) is 40.0 Å². The number of amides is 1. The van der Waals surface area contributed by atoms with Gasteiger partial charge in [-0.25, -0.2) is 0 Å². The van der Waals surface area contributed by atoms with Crippen LogP contribution in [0, 0.1) is 0 Å². The van der Waals surface area contributed by atoms with Gasteiger partial charge < -0.3 is 5.32 Å². The summed E-state index contributed by atoms with van der Waals surface area (Å²) in [4.78, 5) is 11.3. The van der Waals surface area contributed by atoms with Crippen molar-refractivity contribution >= 4 is 45.2 Å². The molecule has 0 unspecified atom stereocenters. The number of nitrogens with one attached hydrogen (secondary N) is 2. The van der Waals surface area contributed by atoms with Crippen LogP contribution in [0.15, 0.2) is 34.4 Å². The molecule has 1 aliphatic rings. The molecular weight excluding hydrogens is 276 g/mol. The number of thiocarbonyl (C=S) groups is 1. The Morgan fingerprint density at radius 3 is 2.40 bits per heavy atom. The van der Waals surface area contributed by atoms with Crippen molar-refractivity contribution in [3.8, 4) is 0 Å². The third-order valence-electron chi connectivity index (χ3n) is 1.90. The lowest BCUT2D eigenvalue weighted by atomic mass is 10.2. The smallest absolute Gasteiger partial charge is 0.273 e. The van der Waals surface area contributed by atoms with E-state index in [1.165, 1.54) is 0 Å². The first-order chi connectivity index (χ1) is 7.15. The summed E-state index contributed by atoms with van der Waals surface area (Å²) >= 11 is 8.16. The van der Waals surface area contributed by atoms with E-state index < -0.39 is 0 Å². The summed E-state index contributed by atoms with van der Waals surface area (Å²) in [5.41, 5.74) is 1.42. The van der Waals surface area contributed by atoms with Crippen molar-refractivity contribution in [2.24, 2.45) is 0 Å². The Hall–Kier alpha value is -1.20. The minimum atomic E-state index is -0.192. The second-order valence-electron chi connectivity index (χ2n) is 3.02. The molecule has 2 N–H and O–H groups in total. The Morgan fingerprint density at radius 1 is 1.20 bits per heavy atom. The third-order valence-corrected chi connectivity index (χ3v) is 2.63. The molecule has 5 heteroatoms. The summed E-state index contributed by atoms with van der Waals surface area (Å²) in [5.74, 6) is -0.192. The molecule has 1 aliphatic heterocycles. The zero-order chi connectivity index (χ0) is 10.8. The molecule has 0 aromatic heterocycles. The zero-order valence-corrected chi connectivity index (χ0v) is 9.98. The Morgan fingerprint density at radius 2 is 1.87 bits per heavy atom. The first-order valence-corrected chi connectivity index (χ1v) is 5.45. The van der Waals surface area contributed by atoms with Crippen molar-refractivity contribution in [1.29, 1.82) is 0 Å². The largest absolute Gasteiger partial charge is 0.328 e. The number of carbonyl (C=O) groups is 1. The summed E-state index contributed by atoms with van der Waals surface area (Å²) in [6.45, 7) is 0. The lowest BCUT2D eigenvalue weighted by Gasteiger charge is -1.96. The number of hydrogen-bond acceptors (Lipinski definition) is 2. The number of benzene rings is 1. The summed E-state index contributed by atoms with van der Waals surface area (Å²) in [5, 5.41) is 5.64. The number of hydrogen-bond donors (Lipinski definition) is 2. The number of rotatable bonds is 1. The molecule has 1 aromatic carbocycles. The summed E-state index contributed by atoms with van der Waals surface area (Å²) in [6, 6.07) is 7.65. The summed E-state index contributed by atoms with van der Waals surface area (Å²) in [7, 11) is 0. The van der Waals surface area contributed by atoms with E-state index in [0.29, 0.717) is 10.8 Å². The average molecular weight is 283 g/mol. The lowest BCUT2D eigenvalue weighted by Crippen LogP contribution is -2.21. The van der Waals surface area contributed by atoms with E-state index in [9.17, 15) is 4.79 Å². The van der Waals surface area contributed by atoms with Crippen LogP contribution in [-0.4, -0.2) is 11.0 Å². The second kappa shape index (κ2) is 4.12. The van der Waals surface area contributed by atoms with Crippen LogP contribution in [0.3, 0.4) is 0 Å². The van der Waals surface area contributed by atoms with Gasteiger partial charge in [-0.05, 0) is 36.0 Å². The molecule has 2 rings (SSSR count). The van der Waals surface area contributed by atoms with Gasteiger partial charge in [0.25, 0.3) is 5.91 Å². The van der Waals surface area contributed by atoms with Gasteiger partial charge in [0.05, 0.1) is 0 Å². The normalized spacial score (nSPS) is 17.8. The Labute approximate surface area is 101 Å². The predicted octanol–water partition coefficient (Wildman–Crippen LogP) is 1.79. The predicted molar refractivity (Wildman–Crippen MR) is 66.0 cm³/mol. The van der Waals surface area contributed by atoms with Gasteiger partial charge in [-0.1, -0.05) is 28.1 Å². The first-order valence-electron chi connectivity index (χ1n) is 4.25. The standard InChI is InChI=1S/C10H7BrN2OS/c11-7-3-1-6(2-4-7)5-8-9(14)13-10(15)12-8/h1-5H,(H2,12,13,14,15)/b8-5+. The molecule has 1 heterocycles. The van der Waals surface area contributed by atoms with Gasteiger partial charge in [0.15, 0.2) is 5.11 Å². The minimum absolute atomic E-state index is 0.192. The first kappa shape index (κ1) is 10.3. The monoisotopic (exact) mass is 282 g/mol. The van der Waals surface area contributed by atoms with Gasteiger partial charge in [-0.2, -0.15) is 0 Å². The third kappa shape index (κ3) is 2.43. The molecule has 0 saturated carbocycles. The minimum Gasteiger partial charge on any atom is -0.328 e. The topological polar surface area (TPSA) is 41.1 Å². The number of halogens is 1. The van der Waals surface area contributed by atoms with E-state index >= 15 is 0 Å². The molecule has 76 valence electrons. The maximum absolute atomic E-state index is 11.3. The van der Waals surface area contributed by atoms with Crippen molar-refractivity contribution in [3.63, 3.8) is 0 Å². The highest BCUT2D eigenvalue weighted by Gasteiger charge is 2.19. The molecule has 1 aromatic rings. The molecule has 0 radical (unpaired) electrons. The highest BCUT2D eigenvalue weighted by molar-refractivity contribution is 9.10. The average Bonchev–Trinajstić information content (AvgIpc) is 2.49. The van der Waals surface area contributed by atoms with Crippen molar-refractivity contribution < 1.29 is 4.79 Å². The summed E-state index contributed by atoms with van der Waals surface area (Å²) in [6.07, 6.45) is 1.75. The Balaban J connectivity index is 2.27. The van der Waals surface area contributed by atoms with Gasteiger partial charge in [0, 0.05) is 4.47 Å². The van der Waals surface area contributed by atoms with Gasteiger partial charge in [0.1, 0.15) is 5.70 Å². The second-order valence-corrected chi connectivity index (χ2v) is 4.34. The molecule has 1 saturated heterocycles. The van der Waals surface area contributed by atoms with Crippen LogP contribution in [-0.2, 0) is 4.79 Å². The van der Waals surface area contributed by atoms with Crippen LogP contribution in [0.4, 0.5) is 0 Å². The fourth-order valence-corrected chi connectivity index (χ4v) is 1.68. The molecule has 0 spiro atoms. The maximum atomic E-state index is 11.3. The van der Waals surface area contributed by atoms with E-state index in [0.717, 1.165) is 10.0 Å². The summed E-state index contributed by atoms with van der Waals surface area (Å²) < 4.78 is 1.00. The SMILES string of the molecule is O=C1NC(=S)N/C1=C/c1ccc(Br)cc1. The maximum Gasteiger partial charge on any atom is 0.273 e. The van der Waals surface area contributed by atoms with Crippen LogP contribution in [0.5, 0.6) is 0 Å². The van der Waals surface area contributed by atoms with Crippen LogP contribution in [0.2, 0.25) is 0 Å². The van der Waals surface area contributed by atoms with Crippen LogP contribution < -0.4 is 10.6 Å². The molecular formula is C10H7BrN2OS. The number of carbonyl (C=O) groups excluding carboxylic acids is 1. The van der Waals surface area contributed by atoms with Crippen LogP contribution in [0.25, 0.3) is 6.08 Å².